The Morgan fingerprint density at radius 2 is 1.79 bits per heavy atom. The van der Waals surface area contributed by atoms with Crippen LogP contribution in [0.1, 0.15) is 26.2 Å². The van der Waals surface area contributed by atoms with Gasteiger partial charge in [0, 0.05) is 6.26 Å². The van der Waals surface area contributed by atoms with Crippen molar-refractivity contribution < 1.29 is 13.2 Å². The van der Waals surface area contributed by atoms with Gasteiger partial charge in [0.15, 0.2) is 9.84 Å². The van der Waals surface area contributed by atoms with Gasteiger partial charge in [-0.25, -0.2) is 8.42 Å². The molecule has 1 aromatic rings. The second-order valence-corrected chi connectivity index (χ2v) is 6.52. The predicted molar refractivity (Wildman–Crippen MR) is 77.4 cm³/mol. The van der Waals surface area contributed by atoms with Crippen LogP contribution in [-0.4, -0.2) is 34.4 Å². The van der Waals surface area contributed by atoms with Crippen molar-refractivity contribution in [3.8, 4) is 5.75 Å². The molecule has 0 fully saturated rings. The van der Waals surface area contributed by atoms with Gasteiger partial charge in [-0.1, -0.05) is 6.92 Å². The summed E-state index contributed by atoms with van der Waals surface area (Å²) in [5, 5.41) is 3.28. The number of hydrogen-bond donors (Lipinski definition) is 1. The zero-order valence-corrected chi connectivity index (χ0v) is 12.5. The van der Waals surface area contributed by atoms with Crippen LogP contribution in [0.4, 0.5) is 0 Å². The van der Waals surface area contributed by atoms with Crippen molar-refractivity contribution in [1.29, 1.82) is 0 Å². The fourth-order valence-corrected chi connectivity index (χ4v) is 2.31. The number of nitrogens with one attached hydrogen (secondary N) is 1. The first-order chi connectivity index (χ1) is 9.04. The van der Waals surface area contributed by atoms with Crippen molar-refractivity contribution in [2.75, 3.05) is 26.0 Å². The van der Waals surface area contributed by atoms with Crippen LogP contribution in [0, 0.1) is 0 Å². The Kier molecular flexibility index (Phi) is 6.87. The van der Waals surface area contributed by atoms with Gasteiger partial charge in [0.05, 0.1) is 11.5 Å². The summed E-state index contributed by atoms with van der Waals surface area (Å²) in [6, 6.07) is 6.57. The highest BCUT2D eigenvalue weighted by molar-refractivity contribution is 7.90. The van der Waals surface area contributed by atoms with E-state index in [2.05, 4.69) is 12.2 Å². The minimum atomic E-state index is -3.12. The molecule has 0 saturated heterocycles. The molecule has 0 saturated carbocycles. The Hall–Kier alpha value is -1.07. The van der Waals surface area contributed by atoms with Gasteiger partial charge in [-0.05, 0) is 56.6 Å². The summed E-state index contributed by atoms with van der Waals surface area (Å²) in [6.07, 6.45) is 4.51. The first-order valence-corrected chi connectivity index (χ1v) is 8.57. The molecule has 0 atom stereocenters. The summed E-state index contributed by atoms with van der Waals surface area (Å²) < 4.78 is 28.1. The quantitative estimate of drug-likeness (QED) is 0.707. The molecule has 1 N–H and O–H groups in total. The molecular weight excluding hydrogens is 262 g/mol. The summed E-state index contributed by atoms with van der Waals surface area (Å²) in [7, 11) is -3.12. The van der Waals surface area contributed by atoms with Crippen LogP contribution in [0.3, 0.4) is 0 Å². The monoisotopic (exact) mass is 285 g/mol. The maximum atomic E-state index is 11.3. The van der Waals surface area contributed by atoms with Crippen LogP contribution in [0.2, 0.25) is 0 Å². The lowest BCUT2D eigenvalue weighted by molar-refractivity contribution is 0.305. The highest BCUT2D eigenvalue weighted by Crippen LogP contribution is 2.16. The van der Waals surface area contributed by atoms with Crippen LogP contribution in [0.5, 0.6) is 5.75 Å². The number of hydrogen-bond acceptors (Lipinski definition) is 4. The van der Waals surface area contributed by atoms with E-state index in [1.165, 1.54) is 6.26 Å². The minimum Gasteiger partial charge on any atom is -0.494 e. The smallest absolute Gasteiger partial charge is 0.175 e. The van der Waals surface area contributed by atoms with Gasteiger partial charge in [-0.2, -0.15) is 0 Å². The molecule has 108 valence electrons. The lowest BCUT2D eigenvalue weighted by Gasteiger charge is -2.07. The fourth-order valence-electron chi connectivity index (χ4n) is 1.68. The maximum absolute atomic E-state index is 11.3. The van der Waals surface area contributed by atoms with E-state index in [1.807, 2.05) is 0 Å². The normalized spacial score (nSPS) is 11.5. The zero-order chi connectivity index (χ0) is 14.1. The van der Waals surface area contributed by atoms with E-state index in [0.29, 0.717) is 11.5 Å². The average molecular weight is 285 g/mol. The Balaban J connectivity index is 2.23. The standard InChI is InChI=1S/C14H23NO3S/c1-3-15-11-5-4-6-12-18-13-7-9-14(10-8-13)19(2,16)17/h7-10,15H,3-6,11-12H2,1-2H3. The van der Waals surface area contributed by atoms with Crippen LogP contribution in [-0.2, 0) is 9.84 Å². The van der Waals surface area contributed by atoms with Crippen LogP contribution in [0.25, 0.3) is 0 Å². The van der Waals surface area contributed by atoms with E-state index >= 15 is 0 Å². The van der Waals surface area contributed by atoms with Crippen molar-refractivity contribution in [1.82, 2.24) is 5.32 Å². The summed E-state index contributed by atoms with van der Waals surface area (Å²) in [6.45, 7) is 4.84. The highest BCUT2D eigenvalue weighted by atomic mass is 32.2. The van der Waals surface area contributed by atoms with Crippen LogP contribution >= 0.6 is 0 Å². The third-order valence-corrected chi connectivity index (χ3v) is 3.90. The van der Waals surface area contributed by atoms with Gasteiger partial charge >= 0.3 is 0 Å². The highest BCUT2D eigenvalue weighted by Gasteiger charge is 2.06. The summed E-state index contributed by atoms with van der Waals surface area (Å²) >= 11 is 0. The third-order valence-electron chi connectivity index (χ3n) is 2.77. The molecule has 0 radical (unpaired) electrons. The number of ether oxygens (including phenoxy) is 1. The molecule has 0 spiro atoms. The molecular formula is C14H23NO3S. The molecule has 5 heteroatoms. The lowest BCUT2D eigenvalue weighted by Crippen LogP contribution is -2.14. The summed E-state index contributed by atoms with van der Waals surface area (Å²) in [5.74, 6) is 0.721. The summed E-state index contributed by atoms with van der Waals surface area (Å²) in [5.41, 5.74) is 0. The lowest BCUT2D eigenvalue weighted by atomic mass is 10.2. The molecule has 4 nitrogen and oxygen atoms in total. The van der Waals surface area contributed by atoms with Gasteiger partial charge in [0.1, 0.15) is 5.75 Å². The zero-order valence-electron chi connectivity index (χ0n) is 11.7. The van der Waals surface area contributed by atoms with E-state index in [9.17, 15) is 8.42 Å². The van der Waals surface area contributed by atoms with E-state index in [0.717, 1.165) is 38.1 Å². The number of sulfone groups is 1. The van der Waals surface area contributed by atoms with Crippen LogP contribution < -0.4 is 10.1 Å². The number of unbranched alkanes of at least 4 members (excludes halogenated alkanes) is 2. The molecule has 1 rings (SSSR count). The summed E-state index contributed by atoms with van der Waals surface area (Å²) in [4.78, 5) is 0.325. The van der Waals surface area contributed by atoms with E-state index < -0.39 is 9.84 Å². The Morgan fingerprint density at radius 1 is 1.11 bits per heavy atom. The average Bonchev–Trinajstić information content (AvgIpc) is 2.37. The number of benzene rings is 1. The molecule has 0 bridgehead atoms. The SMILES string of the molecule is CCNCCCCCOc1ccc(S(C)(=O)=O)cc1. The first-order valence-electron chi connectivity index (χ1n) is 6.67. The van der Waals surface area contributed by atoms with Crippen molar-refractivity contribution in [2.24, 2.45) is 0 Å². The van der Waals surface area contributed by atoms with Crippen molar-refractivity contribution in [3.63, 3.8) is 0 Å². The third kappa shape index (κ3) is 6.59. The molecule has 0 unspecified atom stereocenters. The molecule has 0 aliphatic carbocycles. The van der Waals surface area contributed by atoms with Gasteiger partial charge < -0.3 is 10.1 Å². The van der Waals surface area contributed by atoms with Crippen LogP contribution in [0.15, 0.2) is 29.2 Å². The van der Waals surface area contributed by atoms with Crippen molar-refractivity contribution >= 4 is 9.84 Å². The molecule has 19 heavy (non-hydrogen) atoms. The Morgan fingerprint density at radius 3 is 2.37 bits per heavy atom. The van der Waals surface area contributed by atoms with E-state index in [4.69, 9.17) is 4.74 Å². The predicted octanol–water partition coefficient (Wildman–Crippen LogP) is 2.25. The molecule has 1 aromatic carbocycles. The molecule has 0 aliphatic rings. The molecule has 0 aliphatic heterocycles. The fraction of sp³-hybridized carbons (Fsp3) is 0.571. The molecule has 0 heterocycles. The second-order valence-electron chi connectivity index (χ2n) is 4.51. The molecule has 0 aromatic heterocycles. The minimum absolute atomic E-state index is 0.325. The number of rotatable bonds is 9. The van der Waals surface area contributed by atoms with E-state index in [-0.39, 0.29) is 0 Å². The van der Waals surface area contributed by atoms with Crippen molar-refractivity contribution in [3.05, 3.63) is 24.3 Å². The largest absolute Gasteiger partial charge is 0.494 e. The van der Waals surface area contributed by atoms with Gasteiger partial charge in [0.25, 0.3) is 0 Å². The Labute approximate surface area is 116 Å². The second kappa shape index (κ2) is 8.17. The van der Waals surface area contributed by atoms with Gasteiger partial charge in [0.2, 0.25) is 0 Å². The maximum Gasteiger partial charge on any atom is 0.175 e. The Bertz CT molecular complexity index is 454. The van der Waals surface area contributed by atoms with Gasteiger partial charge in [-0.15, -0.1) is 0 Å². The first kappa shape index (κ1) is 16.0. The topological polar surface area (TPSA) is 55.4 Å². The molecule has 0 amide bonds. The van der Waals surface area contributed by atoms with Crippen molar-refractivity contribution in [2.45, 2.75) is 31.1 Å². The van der Waals surface area contributed by atoms with E-state index in [1.54, 1.807) is 24.3 Å². The van der Waals surface area contributed by atoms with Gasteiger partial charge in [-0.3, -0.25) is 0 Å².